The van der Waals surface area contributed by atoms with E-state index in [2.05, 4.69) is 4.98 Å². The van der Waals surface area contributed by atoms with Crippen molar-refractivity contribution in [1.82, 2.24) is 9.55 Å². The number of fused-ring (bicyclic) bond motifs is 1. The first kappa shape index (κ1) is 22.0. The molecule has 0 saturated heterocycles. The molecule has 0 amide bonds. The van der Waals surface area contributed by atoms with E-state index in [4.69, 9.17) is 4.74 Å². The van der Waals surface area contributed by atoms with Gasteiger partial charge in [0.25, 0.3) is 0 Å². The van der Waals surface area contributed by atoms with Crippen molar-refractivity contribution in [3.63, 3.8) is 0 Å². The summed E-state index contributed by atoms with van der Waals surface area (Å²) in [6, 6.07) is 15.3. The lowest BCUT2D eigenvalue weighted by atomic mass is 10.2. The first-order valence-corrected chi connectivity index (χ1v) is 10.9. The lowest BCUT2D eigenvalue weighted by molar-refractivity contribution is 0.0526. The van der Waals surface area contributed by atoms with Gasteiger partial charge in [0.2, 0.25) is 0 Å². The molecule has 0 spiro atoms. The Morgan fingerprint density at radius 3 is 2.66 bits per heavy atom. The van der Waals surface area contributed by atoms with Crippen LogP contribution in [0.15, 0.2) is 65.8 Å². The second-order valence-corrected chi connectivity index (χ2v) is 7.98. The summed E-state index contributed by atoms with van der Waals surface area (Å²) >= 11 is 1.23. The standard InChI is InChI=1S/C24H19F3N2O2S/c1-2-31-23(30)16-9-10-21-20(12-16)28-24(29(21)13-15-5-3-7-18(25)11-15)32-14-17-6-4-8-19(26)22(17)27/h3-12H,2,13-14H2,1H3. The van der Waals surface area contributed by atoms with Gasteiger partial charge in [0.15, 0.2) is 16.8 Å². The Morgan fingerprint density at radius 1 is 1.06 bits per heavy atom. The molecule has 4 aromatic rings. The number of ether oxygens (including phenoxy) is 1. The van der Waals surface area contributed by atoms with Crippen LogP contribution in [0.2, 0.25) is 0 Å². The van der Waals surface area contributed by atoms with Crippen molar-refractivity contribution in [3.05, 3.63) is 94.8 Å². The van der Waals surface area contributed by atoms with Crippen LogP contribution in [0.1, 0.15) is 28.4 Å². The van der Waals surface area contributed by atoms with Crippen LogP contribution in [0.3, 0.4) is 0 Å². The number of benzene rings is 3. The highest BCUT2D eigenvalue weighted by Gasteiger charge is 2.17. The summed E-state index contributed by atoms with van der Waals surface area (Å²) < 4.78 is 48.3. The van der Waals surface area contributed by atoms with Crippen LogP contribution in [0, 0.1) is 17.5 Å². The van der Waals surface area contributed by atoms with Crippen LogP contribution in [-0.2, 0) is 17.0 Å². The number of thioether (sulfide) groups is 1. The third kappa shape index (κ3) is 4.65. The fraction of sp³-hybridized carbons (Fsp3) is 0.167. The van der Waals surface area contributed by atoms with Gasteiger partial charge in [-0.15, -0.1) is 0 Å². The Bertz CT molecular complexity index is 1290. The number of esters is 1. The molecule has 0 atom stereocenters. The minimum absolute atomic E-state index is 0.154. The second kappa shape index (κ2) is 9.48. The summed E-state index contributed by atoms with van der Waals surface area (Å²) in [5.41, 5.74) is 2.57. The predicted octanol–water partition coefficient (Wildman–Crippen LogP) is 5.97. The zero-order valence-electron chi connectivity index (χ0n) is 17.1. The maximum atomic E-state index is 14.1. The summed E-state index contributed by atoms with van der Waals surface area (Å²) in [6.45, 7) is 2.30. The zero-order valence-corrected chi connectivity index (χ0v) is 18.0. The van der Waals surface area contributed by atoms with Gasteiger partial charge in [0.1, 0.15) is 5.82 Å². The molecule has 0 bridgehead atoms. The SMILES string of the molecule is CCOC(=O)c1ccc2c(c1)nc(SCc1cccc(F)c1F)n2Cc1cccc(F)c1. The molecule has 8 heteroatoms. The number of rotatable bonds is 7. The molecule has 32 heavy (non-hydrogen) atoms. The lowest BCUT2D eigenvalue weighted by Crippen LogP contribution is -2.05. The van der Waals surface area contributed by atoms with Crippen molar-refractivity contribution >= 4 is 28.8 Å². The summed E-state index contributed by atoms with van der Waals surface area (Å²) in [5.74, 6) is -2.45. The number of aromatic nitrogens is 2. The van der Waals surface area contributed by atoms with Crippen LogP contribution >= 0.6 is 11.8 Å². The van der Waals surface area contributed by atoms with E-state index < -0.39 is 17.6 Å². The second-order valence-electron chi connectivity index (χ2n) is 7.04. The van der Waals surface area contributed by atoms with Gasteiger partial charge < -0.3 is 9.30 Å². The fourth-order valence-electron chi connectivity index (χ4n) is 3.33. The summed E-state index contributed by atoms with van der Waals surface area (Å²) in [4.78, 5) is 16.7. The van der Waals surface area contributed by atoms with Crippen molar-refractivity contribution in [1.29, 1.82) is 0 Å². The lowest BCUT2D eigenvalue weighted by Gasteiger charge is -2.10. The van der Waals surface area contributed by atoms with Crippen molar-refractivity contribution in [3.8, 4) is 0 Å². The van der Waals surface area contributed by atoms with E-state index in [0.717, 1.165) is 17.1 Å². The van der Waals surface area contributed by atoms with Crippen LogP contribution < -0.4 is 0 Å². The van der Waals surface area contributed by atoms with E-state index in [1.54, 1.807) is 37.3 Å². The summed E-state index contributed by atoms with van der Waals surface area (Å²) in [5, 5.41) is 0.536. The van der Waals surface area contributed by atoms with Gasteiger partial charge in [-0.25, -0.2) is 22.9 Å². The van der Waals surface area contributed by atoms with Crippen molar-refractivity contribution in [2.45, 2.75) is 24.4 Å². The number of nitrogens with zero attached hydrogens (tertiary/aromatic N) is 2. The topological polar surface area (TPSA) is 44.1 Å². The molecule has 3 aromatic carbocycles. The smallest absolute Gasteiger partial charge is 0.338 e. The molecule has 1 heterocycles. The Hall–Kier alpha value is -3.26. The van der Waals surface area contributed by atoms with Crippen LogP contribution in [0.5, 0.6) is 0 Å². The highest BCUT2D eigenvalue weighted by atomic mass is 32.2. The van der Waals surface area contributed by atoms with E-state index in [-0.39, 0.29) is 23.7 Å². The first-order valence-electron chi connectivity index (χ1n) is 9.93. The van der Waals surface area contributed by atoms with E-state index in [9.17, 15) is 18.0 Å². The maximum Gasteiger partial charge on any atom is 0.338 e. The van der Waals surface area contributed by atoms with Gasteiger partial charge in [0.05, 0.1) is 29.7 Å². The maximum absolute atomic E-state index is 14.1. The van der Waals surface area contributed by atoms with Crippen molar-refractivity contribution < 1.29 is 22.7 Å². The molecule has 1 aromatic heterocycles. The highest BCUT2D eigenvalue weighted by Crippen LogP contribution is 2.29. The quantitative estimate of drug-likeness (QED) is 0.254. The van der Waals surface area contributed by atoms with Crippen LogP contribution in [0.4, 0.5) is 13.2 Å². The predicted molar refractivity (Wildman–Crippen MR) is 117 cm³/mol. The van der Waals surface area contributed by atoms with Crippen LogP contribution in [0.25, 0.3) is 11.0 Å². The van der Waals surface area contributed by atoms with Gasteiger partial charge in [-0.1, -0.05) is 36.0 Å². The van der Waals surface area contributed by atoms with Gasteiger partial charge in [-0.05, 0) is 48.9 Å². The normalized spacial score (nSPS) is 11.1. The molecule has 0 aliphatic carbocycles. The summed E-state index contributed by atoms with van der Waals surface area (Å²) in [7, 11) is 0. The fourth-order valence-corrected chi connectivity index (χ4v) is 4.32. The third-order valence-corrected chi connectivity index (χ3v) is 5.87. The molecule has 164 valence electrons. The number of hydrogen-bond donors (Lipinski definition) is 0. The van der Waals surface area contributed by atoms with Gasteiger partial charge >= 0.3 is 5.97 Å². The molecular formula is C24H19F3N2O2S. The van der Waals surface area contributed by atoms with Crippen molar-refractivity contribution in [2.24, 2.45) is 0 Å². The highest BCUT2D eigenvalue weighted by molar-refractivity contribution is 7.98. The molecule has 0 radical (unpaired) electrons. The molecule has 0 unspecified atom stereocenters. The Kier molecular flexibility index (Phi) is 6.50. The van der Waals surface area contributed by atoms with E-state index in [0.29, 0.717) is 22.8 Å². The molecule has 0 N–H and O–H groups in total. The summed E-state index contributed by atoms with van der Waals surface area (Å²) in [6.07, 6.45) is 0. The molecule has 4 rings (SSSR count). The zero-order chi connectivity index (χ0) is 22.7. The number of carbonyl (C=O) groups is 1. The Morgan fingerprint density at radius 2 is 1.88 bits per heavy atom. The van der Waals surface area contributed by atoms with Crippen LogP contribution in [-0.4, -0.2) is 22.1 Å². The molecular weight excluding hydrogens is 437 g/mol. The monoisotopic (exact) mass is 456 g/mol. The minimum atomic E-state index is -0.907. The van der Waals surface area contributed by atoms with E-state index in [1.807, 2.05) is 4.57 Å². The number of hydrogen-bond acceptors (Lipinski definition) is 4. The molecule has 0 saturated carbocycles. The molecule has 0 aliphatic heterocycles. The van der Waals surface area contributed by atoms with Gasteiger partial charge in [-0.2, -0.15) is 0 Å². The average Bonchev–Trinajstić information content (AvgIpc) is 3.11. The first-order chi connectivity index (χ1) is 15.5. The largest absolute Gasteiger partial charge is 0.462 e. The third-order valence-electron chi connectivity index (χ3n) is 4.84. The average molecular weight is 456 g/mol. The van der Waals surface area contributed by atoms with Gasteiger partial charge in [-0.3, -0.25) is 0 Å². The number of halogens is 3. The molecule has 4 nitrogen and oxygen atoms in total. The van der Waals surface area contributed by atoms with Crippen molar-refractivity contribution in [2.75, 3.05) is 6.61 Å². The number of carbonyl (C=O) groups excluding carboxylic acids is 1. The minimum Gasteiger partial charge on any atom is -0.462 e. The van der Waals surface area contributed by atoms with E-state index in [1.165, 1.54) is 36.0 Å². The Labute approximate surface area is 187 Å². The van der Waals surface area contributed by atoms with Gasteiger partial charge in [0, 0.05) is 11.3 Å². The Balaban J connectivity index is 1.72. The molecule has 0 fully saturated rings. The number of imidazole rings is 1. The van der Waals surface area contributed by atoms with E-state index >= 15 is 0 Å². The molecule has 0 aliphatic rings.